The maximum Gasteiger partial charge on any atom is 0.136 e. The fourth-order valence-corrected chi connectivity index (χ4v) is 7.08. The number of hydrogen-bond acceptors (Lipinski definition) is 1. The minimum absolute atomic E-state index is 0.896. The fraction of sp³-hybridized carbons (Fsp3) is 0. The van der Waals surface area contributed by atoms with E-state index >= 15 is 0 Å². The van der Waals surface area contributed by atoms with Gasteiger partial charge >= 0.3 is 0 Å². The molecule has 9 rings (SSSR count). The molecular weight excluding hydrogens is 566 g/mol. The molecule has 3 heteroatoms. The summed E-state index contributed by atoms with van der Waals surface area (Å²) >= 11 is 3.73. The van der Waals surface area contributed by atoms with Crippen LogP contribution in [0.25, 0.3) is 82.1 Å². The van der Waals surface area contributed by atoms with Crippen LogP contribution in [0.2, 0.25) is 0 Å². The van der Waals surface area contributed by atoms with Crippen molar-refractivity contribution in [3.8, 4) is 16.8 Å². The normalized spacial score (nSPS) is 12.0. The number of rotatable bonds is 2. The minimum atomic E-state index is 0.896. The van der Waals surface area contributed by atoms with Crippen LogP contribution in [0.4, 0.5) is 0 Å². The Kier molecular flexibility index (Phi) is 4.79. The smallest absolute Gasteiger partial charge is 0.136 e. The van der Waals surface area contributed by atoms with Gasteiger partial charge < -0.3 is 8.98 Å². The monoisotopic (exact) mass is 587 g/mol. The van der Waals surface area contributed by atoms with Crippen molar-refractivity contribution in [2.45, 2.75) is 0 Å². The SMILES string of the molecule is Brc1cccc2oc3ccc(-c4ccc5c(c4)c4ccccc4n5-c4ccc5ccc6ccccc6c5c4)cc3c12. The molecule has 2 aromatic heterocycles. The molecule has 0 aliphatic rings. The Labute approximate surface area is 244 Å². The van der Waals surface area contributed by atoms with E-state index in [-0.39, 0.29) is 0 Å². The van der Waals surface area contributed by atoms with Gasteiger partial charge in [0.15, 0.2) is 0 Å². The third-order valence-corrected chi connectivity index (χ3v) is 9.10. The van der Waals surface area contributed by atoms with E-state index in [1.807, 2.05) is 12.1 Å². The maximum absolute atomic E-state index is 6.13. The summed E-state index contributed by atoms with van der Waals surface area (Å²) < 4.78 is 9.58. The first-order valence-corrected chi connectivity index (χ1v) is 14.6. The average Bonchev–Trinajstić information content (AvgIpc) is 3.56. The van der Waals surface area contributed by atoms with Gasteiger partial charge in [-0.1, -0.05) is 94.8 Å². The standard InChI is InChI=1S/C38H22BrNO/c39-33-9-5-11-37-38(33)32-21-26(16-19-36(32)41-37)25-15-18-35-31(20-25)29-8-3-4-10-34(29)40(35)27-17-14-24-13-12-23-6-1-2-7-28(23)30(24)22-27/h1-22H. The first kappa shape index (κ1) is 22.9. The zero-order valence-electron chi connectivity index (χ0n) is 21.9. The van der Waals surface area contributed by atoms with Crippen LogP contribution >= 0.6 is 15.9 Å². The summed E-state index contributed by atoms with van der Waals surface area (Å²) in [6, 6.07) is 48.1. The lowest BCUT2D eigenvalue weighted by Crippen LogP contribution is -1.94. The van der Waals surface area contributed by atoms with Crippen LogP contribution in [0.1, 0.15) is 0 Å². The predicted molar refractivity (Wildman–Crippen MR) is 176 cm³/mol. The number of aromatic nitrogens is 1. The Morgan fingerprint density at radius 2 is 1.17 bits per heavy atom. The Morgan fingerprint density at radius 1 is 0.463 bits per heavy atom. The van der Waals surface area contributed by atoms with Crippen molar-refractivity contribution in [3.63, 3.8) is 0 Å². The van der Waals surface area contributed by atoms with Crippen LogP contribution in [0.5, 0.6) is 0 Å². The van der Waals surface area contributed by atoms with Crippen LogP contribution in [0, 0.1) is 0 Å². The summed E-state index contributed by atoms with van der Waals surface area (Å²) in [6.07, 6.45) is 0. The van der Waals surface area contributed by atoms with Gasteiger partial charge in [0.25, 0.3) is 0 Å². The van der Waals surface area contributed by atoms with Gasteiger partial charge in [-0.25, -0.2) is 0 Å². The molecule has 0 radical (unpaired) electrons. The molecule has 192 valence electrons. The summed E-state index contributed by atoms with van der Waals surface area (Å²) in [5.41, 5.74) is 7.74. The summed E-state index contributed by atoms with van der Waals surface area (Å²) in [4.78, 5) is 0. The molecule has 0 spiro atoms. The maximum atomic E-state index is 6.13. The molecule has 0 fully saturated rings. The zero-order valence-corrected chi connectivity index (χ0v) is 23.5. The molecule has 2 nitrogen and oxygen atoms in total. The second kappa shape index (κ2) is 8.57. The molecule has 7 aromatic carbocycles. The molecule has 0 aliphatic carbocycles. The third kappa shape index (κ3) is 3.36. The highest BCUT2D eigenvalue weighted by molar-refractivity contribution is 9.10. The second-order valence-corrected chi connectivity index (χ2v) is 11.6. The van der Waals surface area contributed by atoms with E-state index < -0.39 is 0 Å². The van der Waals surface area contributed by atoms with Crippen LogP contribution < -0.4 is 0 Å². The molecule has 0 amide bonds. The lowest BCUT2D eigenvalue weighted by molar-refractivity contribution is 0.669. The van der Waals surface area contributed by atoms with Gasteiger partial charge in [-0.05, 0) is 87.3 Å². The summed E-state index contributed by atoms with van der Waals surface area (Å²) in [5, 5.41) is 9.80. The number of hydrogen-bond donors (Lipinski definition) is 0. The zero-order chi connectivity index (χ0) is 27.1. The molecular formula is C38H22BrNO. The van der Waals surface area contributed by atoms with Gasteiger partial charge in [0.05, 0.1) is 11.0 Å². The fourth-order valence-electron chi connectivity index (χ4n) is 6.52. The number of para-hydroxylation sites is 1. The minimum Gasteiger partial charge on any atom is -0.456 e. The molecule has 0 atom stereocenters. The van der Waals surface area contributed by atoms with Gasteiger partial charge in [-0.2, -0.15) is 0 Å². The van der Waals surface area contributed by atoms with Crippen molar-refractivity contribution in [1.82, 2.24) is 4.57 Å². The van der Waals surface area contributed by atoms with Crippen LogP contribution in [0.15, 0.2) is 142 Å². The van der Waals surface area contributed by atoms with Crippen molar-refractivity contribution >= 4 is 81.2 Å². The molecule has 9 aromatic rings. The van der Waals surface area contributed by atoms with E-state index in [2.05, 4.69) is 142 Å². The first-order valence-electron chi connectivity index (χ1n) is 13.8. The first-order chi connectivity index (χ1) is 20.2. The topological polar surface area (TPSA) is 18.1 Å². The van der Waals surface area contributed by atoms with Gasteiger partial charge in [0.1, 0.15) is 11.2 Å². The van der Waals surface area contributed by atoms with E-state index in [9.17, 15) is 0 Å². The summed E-state index contributed by atoms with van der Waals surface area (Å²) in [7, 11) is 0. The quantitative estimate of drug-likeness (QED) is 0.184. The van der Waals surface area contributed by atoms with Crippen molar-refractivity contribution < 1.29 is 4.42 Å². The highest BCUT2D eigenvalue weighted by atomic mass is 79.9. The van der Waals surface area contributed by atoms with Crippen molar-refractivity contribution in [2.75, 3.05) is 0 Å². The van der Waals surface area contributed by atoms with E-state index in [0.717, 1.165) is 26.4 Å². The van der Waals surface area contributed by atoms with Gasteiger partial charge in [0, 0.05) is 31.7 Å². The predicted octanol–water partition coefficient (Wildman–Crippen LogP) is 11.4. The molecule has 41 heavy (non-hydrogen) atoms. The van der Waals surface area contributed by atoms with Crippen LogP contribution in [-0.4, -0.2) is 4.57 Å². The summed E-state index contributed by atoms with van der Waals surface area (Å²) in [5.74, 6) is 0. The molecule has 0 saturated carbocycles. The largest absolute Gasteiger partial charge is 0.456 e. The number of fused-ring (bicyclic) bond motifs is 9. The van der Waals surface area contributed by atoms with E-state index in [1.54, 1.807) is 0 Å². The molecule has 2 heterocycles. The lowest BCUT2D eigenvalue weighted by atomic mass is 10.0. The Balaban J connectivity index is 1.28. The summed E-state index contributed by atoms with van der Waals surface area (Å²) in [6.45, 7) is 0. The molecule has 0 aliphatic heterocycles. The van der Waals surface area contributed by atoms with Gasteiger partial charge in [-0.3, -0.25) is 0 Å². The van der Waals surface area contributed by atoms with Crippen molar-refractivity contribution in [1.29, 1.82) is 0 Å². The average molecular weight is 589 g/mol. The molecule has 0 saturated heterocycles. The molecule has 0 N–H and O–H groups in total. The van der Waals surface area contributed by atoms with Crippen molar-refractivity contribution in [3.05, 3.63) is 138 Å². The van der Waals surface area contributed by atoms with Gasteiger partial charge in [0.2, 0.25) is 0 Å². The van der Waals surface area contributed by atoms with E-state index in [4.69, 9.17) is 4.42 Å². The van der Waals surface area contributed by atoms with Crippen LogP contribution in [0.3, 0.4) is 0 Å². The highest BCUT2D eigenvalue weighted by Gasteiger charge is 2.15. The highest BCUT2D eigenvalue weighted by Crippen LogP contribution is 2.39. The van der Waals surface area contributed by atoms with Crippen LogP contribution in [-0.2, 0) is 0 Å². The van der Waals surface area contributed by atoms with Gasteiger partial charge in [-0.15, -0.1) is 0 Å². The Bertz CT molecular complexity index is 2500. The molecule has 0 unspecified atom stereocenters. The number of halogens is 1. The number of nitrogens with zero attached hydrogens (tertiary/aromatic N) is 1. The third-order valence-electron chi connectivity index (χ3n) is 8.44. The lowest BCUT2D eigenvalue weighted by Gasteiger charge is -2.11. The van der Waals surface area contributed by atoms with E-state index in [1.165, 1.54) is 60.2 Å². The number of benzene rings is 7. The van der Waals surface area contributed by atoms with E-state index in [0.29, 0.717) is 0 Å². The Hall–Kier alpha value is -4.86. The molecule has 0 bridgehead atoms. The Morgan fingerprint density at radius 3 is 2.07 bits per heavy atom. The number of furan rings is 1. The second-order valence-electron chi connectivity index (χ2n) is 10.7. The van der Waals surface area contributed by atoms with Crippen molar-refractivity contribution in [2.24, 2.45) is 0 Å².